The van der Waals surface area contributed by atoms with Crippen LogP contribution >= 0.6 is 0 Å². The van der Waals surface area contributed by atoms with Crippen molar-refractivity contribution in [2.75, 3.05) is 38.3 Å². The van der Waals surface area contributed by atoms with Gasteiger partial charge in [0.25, 0.3) is 0 Å². The Labute approximate surface area is 122 Å². The third-order valence-corrected chi connectivity index (χ3v) is 5.13. The highest BCUT2D eigenvalue weighted by Crippen LogP contribution is 2.20. The number of sulfone groups is 1. The third kappa shape index (κ3) is 4.49. The third-order valence-electron chi connectivity index (χ3n) is 4.00. The summed E-state index contributed by atoms with van der Waals surface area (Å²) in [6.45, 7) is 3.36. The smallest absolute Gasteiger partial charge is 0.175 e. The quantitative estimate of drug-likeness (QED) is 0.905. The summed E-state index contributed by atoms with van der Waals surface area (Å²) in [5.41, 5.74) is 0.991. The van der Waals surface area contributed by atoms with Crippen molar-refractivity contribution in [3.05, 3.63) is 24.3 Å². The Balaban J connectivity index is 1.77. The second kappa shape index (κ2) is 6.59. The van der Waals surface area contributed by atoms with E-state index in [4.69, 9.17) is 0 Å². The summed E-state index contributed by atoms with van der Waals surface area (Å²) in [6.07, 6.45) is 4.98. The average molecular weight is 296 g/mol. The zero-order valence-electron chi connectivity index (χ0n) is 12.3. The average Bonchev–Trinajstić information content (AvgIpc) is 2.41. The molecule has 1 fully saturated rings. The monoisotopic (exact) mass is 296 g/mol. The van der Waals surface area contributed by atoms with Gasteiger partial charge < -0.3 is 10.2 Å². The number of nitrogens with zero attached hydrogens (tertiary/aromatic N) is 1. The molecule has 1 aliphatic heterocycles. The van der Waals surface area contributed by atoms with Crippen LogP contribution in [-0.2, 0) is 9.84 Å². The number of benzene rings is 1. The van der Waals surface area contributed by atoms with Crippen LogP contribution in [0.25, 0.3) is 0 Å². The van der Waals surface area contributed by atoms with Gasteiger partial charge in [-0.3, -0.25) is 0 Å². The first-order valence-corrected chi connectivity index (χ1v) is 9.07. The molecule has 0 aliphatic carbocycles. The molecular formula is C15H24N2O2S. The lowest BCUT2D eigenvalue weighted by Crippen LogP contribution is -2.30. The Morgan fingerprint density at radius 1 is 1.20 bits per heavy atom. The first-order chi connectivity index (χ1) is 9.45. The zero-order chi connectivity index (χ0) is 14.6. The maximum Gasteiger partial charge on any atom is 0.175 e. The molecule has 1 saturated heterocycles. The van der Waals surface area contributed by atoms with Crippen molar-refractivity contribution in [1.29, 1.82) is 0 Å². The topological polar surface area (TPSA) is 49.4 Å². The molecule has 0 spiro atoms. The minimum absolute atomic E-state index is 0.373. The zero-order valence-corrected chi connectivity index (χ0v) is 13.1. The summed E-state index contributed by atoms with van der Waals surface area (Å²) in [4.78, 5) is 2.76. The summed E-state index contributed by atoms with van der Waals surface area (Å²) in [6, 6.07) is 7.00. The highest BCUT2D eigenvalue weighted by atomic mass is 32.2. The van der Waals surface area contributed by atoms with E-state index in [9.17, 15) is 8.42 Å². The van der Waals surface area contributed by atoms with Gasteiger partial charge in [-0.15, -0.1) is 0 Å². The van der Waals surface area contributed by atoms with Crippen LogP contribution in [0.3, 0.4) is 0 Å². The summed E-state index contributed by atoms with van der Waals surface area (Å²) >= 11 is 0. The Bertz CT molecular complexity index is 517. The van der Waals surface area contributed by atoms with Gasteiger partial charge in [-0.2, -0.15) is 0 Å². The molecular weight excluding hydrogens is 272 g/mol. The lowest BCUT2D eigenvalue weighted by Gasteiger charge is -2.29. The van der Waals surface area contributed by atoms with Gasteiger partial charge in [-0.25, -0.2) is 8.42 Å². The number of rotatable bonds is 5. The lowest BCUT2D eigenvalue weighted by atomic mass is 9.94. The van der Waals surface area contributed by atoms with E-state index >= 15 is 0 Å². The fourth-order valence-electron chi connectivity index (χ4n) is 2.59. The van der Waals surface area contributed by atoms with Gasteiger partial charge in [-0.1, -0.05) is 0 Å². The van der Waals surface area contributed by atoms with Crippen LogP contribution in [0.15, 0.2) is 29.2 Å². The number of piperidine rings is 1. The standard InChI is InChI=1S/C15H24N2O2S/c1-17-11-8-13(9-12-17)7-10-16-14-3-5-15(6-4-14)20(2,18)19/h3-6,13,16H,7-12H2,1-2H3. The van der Waals surface area contributed by atoms with Crippen molar-refractivity contribution in [3.63, 3.8) is 0 Å². The molecule has 4 nitrogen and oxygen atoms in total. The van der Waals surface area contributed by atoms with Crippen LogP contribution in [0, 0.1) is 5.92 Å². The Morgan fingerprint density at radius 3 is 2.35 bits per heavy atom. The van der Waals surface area contributed by atoms with Crippen molar-refractivity contribution in [2.24, 2.45) is 5.92 Å². The summed E-state index contributed by atoms with van der Waals surface area (Å²) in [5, 5.41) is 3.37. The molecule has 0 radical (unpaired) electrons. The number of nitrogens with one attached hydrogen (secondary N) is 1. The van der Waals surface area contributed by atoms with Gasteiger partial charge in [0, 0.05) is 18.5 Å². The molecule has 1 aliphatic rings. The molecule has 0 amide bonds. The Hall–Kier alpha value is -1.07. The van der Waals surface area contributed by atoms with Crippen LogP contribution in [0.5, 0.6) is 0 Å². The molecule has 0 bridgehead atoms. The van der Waals surface area contributed by atoms with E-state index in [0.29, 0.717) is 4.90 Å². The minimum atomic E-state index is -3.09. The van der Waals surface area contributed by atoms with Crippen LogP contribution < -0.4 is 5.32 Å². The molecule has 0 saturated carbocycles. The van der Waals surface area contributed by atoms with Crippen molar-refractivity contribution in [3.8, 4) is 0 Å². The SMILES string of the molecule is CN1CCC(CCNc2ccc(S(C)(=O)=O)cc2)CC1. The van der Waals surface area contributed by atoms with E-state index < -0.39 is 9.84 Å². The van der Waals surface area contributed by atoms with E-state index in [0.717, 1.165) is 18.2 Å². The molecule has 1 heterocycles. The predicted molar refractivity (Wildman–Crippen MR) is 82.9 cm³/mol. The molecule has 0 aromatic heterocycles. The van der Waals surface area contributed by atoms with E-state index in [1.165, 1.54) is 38.6 Å². The molecule has 5 heteroatoms. The van der Waals surface area contributed by atoms with Gasteiger partial charge >= 0.3 is 0 Å². The van der Waals surface area contributed by atoms with Crippen LogP contribution in [0.4, 0.5) is 5.69 Å². The van der Waals surface area contributed by atoms with Crippen LogP contribution in [0.2, 0.25) is 0 Å². The Morgan fingerprint density at radius 2 is 1.80 bits per heavy atom. The van der Waals surface area contributed by atoms with Crippen molar-refractivity contribution in [2.45, 2.75) is 24.2 Å². The highest BCUT2D eigenvalue weighted by molar-refractivity contribution is 7.90. The maximum atomic E-state index is 11.4. The van der Waals surface area contributed by atoms with E-state index in [-0.39, 0.29) is 0 Å². The van der Waals surface area contributed by atoms with Crippen molar-refractivity contribution in [1.82, 2.24) is 4.90 Å². The van der Waals surface area contributed by atoms with Crippen molar-refractivity contribution < 1.29 is 8.42 Å². The highest BCUT2D eigenvalue weighted by Gasteiger charge is 2.15. The number of anilines is 1. The minimum Gasteiger partial charge on any atom is -0.385 e. The first-order valence-electron chi connectivity index (χ1n) is 7.18. The van der Waals surface area contributed by atoms with Crippen LogP contribution in [-0.4, -0.2) is 46.3 Å². The number of hydrogen-bond donors (Lipinski definition) is 1. The second-order valence-electron chi connectivity index (χ2n) is 5.76. The van der Waals surface area contributed by atoms with Gasteiger partial charge in [-0.05, 0) is 69.6 Å². The van der Waals surface area contributed by atoms with Gasteiger partial charge in [0.15, 0.2) is 9.84 Å². The second-order valence-corrected chi connectivity index (χ2v) is 7.77. The molecule has 0 atom stereocenters. The summed E-state index contributed by atoms with van der Waals surface area (Å²) in [5.74, 6) is 0.814. The molecule has 1 N–H and O–H groups in total. The maximum absolute atomic E-state index is 11.4. The van der Waals surface area contributed by atoms with E-state index in [1.54, 1.807) is 12.1 Å². The fraction of sp³-hybridized carbons (Fsp3) is 0.600. The van der Waals surface area contributed by atoms with Crippen LogP contribution in [0.1, 0.15) is 19.3 Å². The number of likely N-dealkylation sites (tertiary alicyclic amines) is 1. The first kappa shape index (κ1) is 15.3. The fourth-order valence-corrected chi connectivity index (χ4v) is 3.22. The largest absolute Gasteiger partial charge is 0.385 e. The van der Waals surface area contributed by atoms with Gasteiger partial charge in [0.05, 0.1) is 4.90 Å². The van der Waals surface area contributed by atoms with Crippen molar-refractivity contribution >= 4 is 15.5 Å². The number of hydrogen-bond acceptors (Lipinski definition) is 4. The normalized spacial score (nSPS) is 18.1. The van der Waals surface area contributed by atoms with E-state index in [1.807, 2.05) is 12.1 Å². The van der Waals surface area contributed by atoms with E-state index in [2.05, 4.69) is 17.3 Å². The molecule has 1 aromatic carbocycles. The molecule has 2 rings (SSSR count). The van der Waals surface area contributed by atoms with Gasteiger partial charge in [0.1, 0.15) is 0 Å². The summed E-state index contributed by atoms with van der Waals surface area (Å²) < 4.78 is 22.7. The summed E-state index contributed by atoms with van der Waals surface area (Å²) in [7, 11) is -0.916. The lowest BCUT2D eigenvalue weighted by molar-refractivity contribution is 0.215. The Kier molecular flexibility index (Phi) is 5.05. The molecule has 0 unspecified atom stereocenters. The molecule has 20 heavy (non-hydrogen) atoms. The molecule has 1 aromatic rings. The predicted octanol–water partition coefficient (Wildman–Crippen LogP) is 2.23. The molecule has 112 valence electrons. The van der Waals surface area contributed by atoms with Gasteiger partial charge in [0.2, 0.25) is 0 Å².